The number of hydrogen-bond acceptors (Lipinski definition) is 8. The molecule has 0 spiro atoms. The molecule has 0 atom stereocenters. The molecule has 12 aromatic carbocycles. The third-order valence-electron chi connectivity index (χ3n) is 18.7. The smallest absolute Gasteiger partial charge is 0.399 e. The molecule has 1 saturated heterocycles. The Kier molecular flexibility index (Phi) is 21.0. The van der Waals surface area contributed by atoms with E-state index in [9.17, 15) is 9.13 Å². The molecular formula is C90H78BBrN4O4P2. The van der Waals surface area contributed by atoms with Crippen molar-refractivity contribution >= 4 is 53.4 Å². The summed E-state index contributed by atoms with van der Waals surface area (Å²) >= 11 is 3.42. The van der Waals surface area contributed by atoms with Crippen LogP contribution in [0.25, 0.3) is 123 Å². The molecule has 14 aromatic rings. The molecule has 102 heavy (non-hydrogen) atoms. The van der Waals surface area contributed by atoms with Crippen molar-refractivity contribution in [2.45, 2.75) is 38.9 Å². The third kappa shape index (κ3) is 16.2. The summed E-state index contributed by atoms with van der Waals surface area (Å²) in [6, 6.07) is 111. The van der Waals surface area contributed by atoms with Crippen LogP contribution in [0.15, 0.2) is 332 Å². The lowest BCUT2D eigenvalue weighted by molar-refractivity contribution is 0.00578. The van der Waals surface area contributed by atoms with E-state index in [4.69, 9.17) is 29.2 Å². The maximum Gasteiger partial charge on any atom is 0.494 e. The molecule has 8 nitrogen and oxygen atoms in total. The molecule has 0 N–H and O–H groups in total. The van der Waals surface area contributed by atoms with Gasteiger partial charge in [-0.3, -0.25) is 0 Å². The summed E-state index contributed by atoms with van der Waals surface area (Å²) in [5.74, 6) is 0. The molecule has 3 heterocycles. The van der Waals surface area contributed by atoms with Crippen molar-refractivity contribution in [3.8, 4) is 123 Å². The van der Waals surface area contributed by atoms with Crippen LogP contribution >= 0.6 is 30.2 Å². The fourth-order valence-corrected chi connectivity index (χ4v) is 14.2. The van der Waals surface area contributed by atoms with Gasteiger partial charge >= 0.3 is 7.12 Å². The van der Waals surface area contributed by atoms with Gasteiger partial charge in [-0.1, -0.05) is 331 Å². The lowest BCUT2D eigenvalue weighted by atomic mass is 9.78. The predicted octanol–water partition coefficient (Wildman–Crippen LogP) is 22.5. The molecule has 2 aromatic heterocycles. The summed E-state index contributed by atoms with van der Waals surface area (Å²) in [5.41, 5.74) is 22.0. The first-order valence-electron chi connectivity index (χ1n) is 34.1. The van der Waals surface area contributed by atoms with Gasteiger partial charge in [0.15, 0.2) is 0 Å². The standard InChI is InChI=1S/C42H33N2OP.C34H31BN2O2.C14H14BrOP/c1-46(2,45)38-28-26-33(27-29-38)31-20-18-30(19-21-31)32-22-24-37(25-23-32)42-41(36-16-10-5-11-17-36)43-39(34-12-6-3-7-13-34)40(44-42)35-14-8-4-9-15-35;1-33(2)34(3,4)39-35(38-33)28-22-20-27(21-23-28)32-31(26-18-12-7-13-19-26)36-29(24-14-8-5-9-15-24)30(37-32)25-16-10-6-11-17-25;1-17(2,16)14-9-5-12(6-10-14)11-3-7-13(15)8-4-11/h3-29H,1-2H3;5-23H,1-4H3;3-10H,1-2H3. The summed E-state index contributed by atoms with van der Waals surface area (Å²) < 4.78 is 38.0. The van der Waals surface area contributed by atoms with Crippen LogP contribution in [0.3, 0.4) is 0 Å². The Hall–Kier alpha value is -10.3. The Morgan fingerprint density at radius 3 is 0.647 bits per heavy atom. The average Bonchev–Trinajstić information content (AvgIpc) is 1.24. The number of benzene rings is 12. The highest BCUT2D eigenvalue weighted by atomic mass is 79.9. The van der Waals surface area contributed by atoms with E-state index in [1.807, 2.05) is 158 Å². The maximum absolute atomic E-state index is 12.4. The number of rotatable bonds is 14. The first-order valence-corrected chi connectivity index (χ1v) is 40.1. The minimum atomic E-state index is -2.27. The van der Waals surface area contributed by atoms with E-state index >= 15 is 0 Å². The van der Waals surface area contributed by atoms with E-state index in [1.165, 1.54) is 5.56 Å². The highest BCUT2D eigenvalue weighted by Gasteiger charge is 2.51. The molecule has 1 fully saturated rings. The Labute approximate surface area is 608 Å². The van der Waals surface area contributed by atoms with Crippen LogP contribution in [-0.4, -0.2) is 64.9 Å². The number of hydrogen-bond donors (Lipinski definition) is 0. The third-order valence-corrected chi connectivity index (χ3v) is 22.3. The summed E-state index contributed by atoms with van der Waals surface area (Å²) in [4.78, 5) is 21.3. The minimum absolute atomic E-state index is 0.389. The van der Waals surface area contributed by atoms with Crippen molar-refractivity contribution in [3.05, 3.63) is 332 Å². The van der Waals surface area contributed by atoms with E-state index in [-0.39, 0.29) is 11.2 Å². The second-order valence-electron chi connectivity index (χ2n) is 27.1. The van der Waals surface area contributed by atoms with Crippen LogP contribution in [0.5, 0.6) is 0 Å². The molecular weight excluding hydrogens is 1350 g/mol. The largest absolute Gasteiger partial charge is 0.494 e. The summed E-state index contributed by atoms with van der Waals surface area (Å²) in [6.45, 7) is 15.5. The van der Waals surface area contributed by atoms with Gasteiger partial charge in [-0.15, -0.1) is 0 Å². The second-order valence-corrected chi connectivity index (χ2v) is 34.5. The molecule has 0 saturated carbocycles. The summed E-state index contributed by atoms with van der Waals surface area (Å²) in [7, 11) is -4.83. The van der Waals surface area contributed by atoms with Crippen LogP contribution in [0.1, 0.15) is 27.7 Å². The maximum atomic E-state index is 12.4. The van der Waals surface area contributed by atoms with E-state index < -0.39 is 21.4 Å². The number of aromatic nitrogens is 4. The first kappa shape index (κ1) is 70.2. The van der Waals surface area contributed by atoms with Crippen molar-refractivity contribution < 1.29 is 18.4 Å². The van der Waals surface area contributed by atoms with Crippen molar-refractivity contribution in [2.24, 2.45) is 0 Å². The molecule has 0 radical (unpaired) electrons. The van der Waals surface area contributed by atoms with E-state index in [2.05, 4.69) is 213 Å². The molecule has 1 aliphatic rings. The monoisotopic (exact) mass is 1430 g/mol. The molecule has 0 aliphatic carbocycles. The molecule has 502 valence electrons. The van der Waals surface area contributed by atoms with Crippen molar-refractivity contribution in [1.29, 1.82) is 0 Å². The van der Waals surface area contributed by atoms with Crippen LogP contribution in [0.4, 0.5) is 0 Å². The SMILES string of the molecule is CC1(C)OB(c2ccc(-c3nc(-c4ccccc4)c(-c4ccccc4)nc3-c3ccccc3)cc2)OC1(C)C.CP(C)(=O)c1ccc(-c2ccc(-c3ccc(-c4nc(-c5ccccc5)c(-c5ccccc5)nc4-c4ccccc4)cc3)cc2)cc1.CP(C)(=O)c1ccc(-c2ccc(Br)cc2)cc1. The van der Waals surface area contributed by atoms with Gasteiger partial charge in [0, 0.05) is 59.6 Å². The van der Waals surface area contributed by atoms with Crippen LogP contribution in [-0.2, 0) is 18.4 Å². The van der Waals surface area contributed by atoms with Crippen molar-refractivity contribution in [3.63, 3.8) is 0 Å². The quantitative estimate of drug-likeness (QED) is 0.0783. The number of halogens is 1. The van der Waals surface area contributed by atoms with E-state index in [1.54, 1.807) is 26.7 Å². The summed E-state index contributed by atoms with van der Waals surface area (Å²) in [5, 5.41) is 1.83. The molecule has 0 unspecified atom stereocenters. The van der Waals surface area contributed by atoms with Gasteiger partial charge in [0.05, 0.1) is 56.8 Å². The van der Waals surface area contributed by atoms with Gasteiger partial charge in [-0.05, 0) is 105 Å². The van der Waals surface area contributed by atoms with Gasteiger partial charge < -0.3 is 18.4 Å². The van der Waals surface area contributed by atoms with Crippen LogP contribution < -0.4 is 16.1 Å². The van der Waals surface area contributed by atoms with Gasteiger partial charge in [0.25, 0.3) is 0 Å². The second kappa shape index (κ2) is 30.5. The fraction of sp³-hybridized carbons (Fsp3) is 0.111. The van der Waals surface area contributed by atoms with Gasteiger partial charge in [0.2, 0.25) is 0 Å². The lowest BCUT2D eigenvalue weighted by Crippen LogP contribution is -2.41. The zero-order chi connectivity index (χ0) is 71.0. The van der Waals surface area contributed by atoms with Gasteiger partial charge in [-0.25, -0.2) is 19.9 Å². The van der Waals surface area contributed by atoms with Crippen LogP contribution in [0, 0.1) is 0 Å². The normalized spacial score (nSPS) is 13.1. The van der Waals surface area contributed by atoms with Crippen LogP contribution in [0.2, 0.25) is 0 Å². The fourth-order valence-electron chi connectivity index (χ4n) is 12.2. The Morgan fingerprint density at radius 2 is 0.431 bits per heavy atom. The topological polar surface area (TPSA) is 104 Å². The van der Waals surface area contributed by atoms with Crippen molar-refractivity contribution in [1.82, 2.24) is 19.9 Å². The highest BCUT2D eigenvalue weighted by molar-refractivity contribution is 9.10. The zero-order valence-corrected chi connectivity index (χ0v) is 61.8. The summed E-state index contributed by atoms with van der Waals surface area (Å²) in [6.07, 6.45) is 0. The minimum Gasteiger partial charge on any atom is -0.399 e. The Morgan fingerprint density at radius 1 is 0.255 bits per heavy atom. The van der Waals surface area contributed by atoms with Gasteiger partial charge in [0.1, 0.15) is 14.3 Å². The van der Waals surface area contributed by atoms with E-state index in [0.717, 1.165) is 138 Å². The number of nitrogens with zero attached hydrogens (tertiary/aromatic N) is 4. The molecule has 12 heteroatoms. The lowest BCUT2D eigenvalue weighted by Gasteiger charge is -2.32. The highest BCUT2D eigenvalue weighted by Crippen LogP contribution is 2.42. The Bertz CT molecular complexity index is 5250. The van der Waals surface area contributed by atoms with Gasteiger partial charge in [-0.2, -0.15) is 0 Å². The first-order chi connectivity index (χ1) is 49.2. The molecule has 1 aliphatic heterocycles. The Balaban J connectivity index is 0.000000150. The molecule has 0 bridgehead atoms. The molecule has 0 amide bonds. The zero-order valence-electron chi connectivity index (χ0n) is 58.4. The van der Waals surface area contributed by atoms with E-state index in [0.29, 0.717) is 0 Å². The average molecular weight is 1430 g/mol. The molecule has 15 rings (SSSR count). The predicted molar refractivity (Wildman–Crippen MR) is 432 cm³/mol. The van der Waals surface area contributed by atoms with Crippen molar-refractivity contribution in [2.75, 3.05) is 26.7 Å².